The van der Waals surface area contributed by atoms with Gasteiger partial charge in [0.15, 0.2) is 0 Å². The van der Waals surface area contributed by atoms with E-state index in [-0.39, 0.29) is 65.8 Å². The van der Waals surface area contributed by atoms with Crippen LogP contribution in [0.25, 0.3) is 0 Å². The summed E-state index contributed by atoms with van der Waals surface area (Å²) in [6.07, 6.45) is -0.856. The molecule has 0 unspecified atom stereocenters. The summed E-state index contributed by atoms with van der Waals surface area (Å²) >= 11 is 0. The van der Waals surface area contributed by atoms with E-state index in [0.717, 1.165) is 0 Å². The van der Waals surface area contributed by atoms with Crippen LogP contribution in [0, 0.1) is 0 Å². The molecule has 0 amide bonds. The number of rotatable bonds is 5. The molecule has 0 rings (SSSR count). The minimum Gasteiger partial charge on any atom is -1.00 e. The van der Waals surface area contributed by atoms with E-state index in [0.29, 0.717) is 0 Å². The second-order valence-corrected chi connectivity index (χ2v) is 6.76. The fourth-order valence-electron chi connectivity index (χ4n) is 0.800. The third kappa shape index (κ3) is 4.93. The maximum atomic E-state index is 10.7. The van der Waals surface area contributed by atoms with E-state index >= 15 is 0 Å². The predicted molar refractivity (Wildman–Crippen MR) is 48.4 cm³/mol. The van der Waals surface area contributed by atoms with Crippen LogP contribution in [0.1, 0.15) is 14.3 Å². The topological polar surface area (TPSA) is 161 Å². The summed E-state index contributed by atoms with van der Waals surface area (Å²) in [5.41, 5.74) is 5.01. The van der Waals surface area contributed by atoms with Crippen molar-refractivity contribution in [1.29, 1.82) is 0 Å². The minimum absolute atomic E-state index is 0. The molecule has 0 aliphatic heterocycles. The monoisotopic (exact) mass is 289 g/mol. The summed E-state index contributed by atoms with van der Waals surface area (Å²) in [6, 6.07) is 0. The fourth-order valence-corrected chi connectivity index (χ4v) is 3.06. The molecule has 11 heteroatoms. The van der Waals surface area contributed by atoms with Gasteiger partial charge in [0.05, 0.1) is 0 Å². The molecule has 0 radical (unpaired) electrons. The Morgan fingerprint density at radius 2 is 1.47 bits per heavy atom. The van der Waals surface area contributed by atoms with Gasteiger partial charge in [-0.05, 0) is 13.0 Å². The summed E-state index contributed by atoms with van der Waals surface area (Å²) in [5, 5.41) is 5.91. The second kappa shape index (κ2) is 6.70. The molecule has 0 aromatic carbocycles. The van der Waals surface area contributed by atoms with Crippen LogP contribution in [0.2, 0.25) is 0 Å². The van der Waals surface area contributed by atoms with E-state index in [9.17, 15) is 14.2 Å². The molecule has 0 heterocycles. The zero-order valence-corrected chi connectivity index (χ0v) is 13.1. The SMILES string of the molecule is NCCCC(O)(P(=O)(O)O)P(=O)(O)O.[H-].[K+]. The molecular formula is C4H14KNO7P2. The average Bonchev–Trinajstić information content (AvgIpc) is 1.95. The summed E-state index contributed by atoms with van der Waals surface area (Å²) in [6.45, 7) is -0.0394. The molecule has 7 N–H and O–H groups in total. The number of hydrogen-bond acceptors (Lipinski definition) is 4. The van der Waals surface area contributed by atoms with Gasteiger partial charge in [-0.1, -0.05) is 0 Å². The molecular weight excluding hydrogens is 275 g/mol. The van der Waals surface area contributed by atoms with Crippen LogP contribution in [0.15, 0.2) is 0 Å². The van der Waals surface area contributed by atoms with E-state index < -0.39 is 26.7 Å². The molecule has 0 aliphatic rings. The molecule has 8 nitrogen and oxygen atoms in total. The van der Waals surface area contributed by atoms with Crippen LogP contribution in [0.5, 0.6) is 0 Å². The van der Waals surface area contributed by atoms with Crippen molar-refractivity contribution in [1.82, 2.24) is 0 Å². The molecule has 0 aromatic heterocycles. The van der Waals surface area contributed by atoms with Crippen molar-refractivity contribution in [3.8, 4) is 0 Å². The first kappa shape index (κ1) is 19.2. The van der Waals surface area contributed by atoms with E-state index in [4.69, 9.17) is 25.3 Å². The molecule has 0 saturated heterocycles. The number of nitrogens with two attached hydrogens (primary N) is 1. The van der Waals surface area contributed by atoms with Gasteiger partial charge in [-0.3, -0.25) is 9.13 Å². The van der Waals surface area contributed by atoms with Crippen molar-refractivity contribution < 1.29 is 86.6 Å². The molecule has 0 atom stereocenters. The molecule has 88 valence electrons. The van der Waals surface area contributed by atoms with Crippen LogP contribution in [0.4, 0.5) is 0 Å². The van der Waals surface area contributed by atoms with Crippen molar-refractivity contribution in [2.24, 2.45) is 5.73 Å². The minimum atomic E-state index is -5.30. The number of aliphatic hydroxyl groups is 1. The molecule has 0 aliphatic carbocycles. The Morgan fingerprint density at radius 1 is 1.13 bits per heavy atom. The van der Waals surface area contributed by atoms with Crippen molar-refractivity contribution in [2.45, 2.75) is 17.9 Å². The van der Waals surface area contributed by atoms with Gasteiger partial charge < -0.3 is 31.8 Å². The third-order valence-electron chi connectivity index (χ3n) is 1.65. The first-order valence-electron chi connectivity index (χ1n) is 3.60. The average molecular weight is 289 g/mol. The Hall–Kier alpha value is 1.86. The summed E-state index contributed by atoms with van der Waals surface area (Å²) in [7, 11) is -10.6. The van der Waals surface area contributed by atoms with Gasteiger partial charge in [-0.2, -0.15) is 0 Å². The van der Waals surface area contributed by atoms with Gasteiger partial charge in [0.25, 0.3) is 5.08 Å². The van der Waals surface area contributed by atoms with Gasteiger partial charge in [0.2, 0.25) is 0 Å². The van der Waals surface area contributed by atoms with Gasteiger partial charge in [-0.25, -0.2) is 0 Å². The zero-order chi connectivity index (χ0) is 11.6. The van der Waals surface area contributed by atoms with Crippen LogP contribution < -0.4 is 57.1 Å². The standard InChI is InChI=1S/C4H13NO7P2.K.H/c5-3-1-2-4(6,13(7,8)9)14(10,11)12;;/h6H,1-3,5H2,(H2,7,8,9)(H2,10,11,12);;/q;+1;-1. The first-order chi connectivity index (χ1) is 6.06. The fraction of sp³-hybridized carbons (Fsp3) is 1.00. The zero-order valence-electron chi connectivity index (χ0n) is 9.15. The van der Waals surface area contributed by atoms with Crippen molar-refractivity contribution in [3.63, 3.8) is 0 Å². The summed E-state index contributed by atoms with van der Waals surface area (Å²) in [4.78, 5) is 34.5. The normalized spacial score (nSPS) is 13.5. The largest absolute Gasteiger partial charge is 1.00 e. The van der Waals surface area contributed by atoms with Gasteiger partial charge in [0.1, 0.15) is 0 Å². The maximum Gasteiger partial charge on any atom is 1.00 e. The quantitative estimate of drug-likeness (QED) is 0.219. The van der Waals surface area contributed by atoms with E-state index in [1.165, 1.54) is 0 Å². The Morgan fingerprint density at radius 3 is 1.67 bits per heavy atom. The van der Waals surface area contributed by atoms with E-state index in [2.05, 4.69) is 0 Å². The third-order valence-corrected chi connectivity index (χ3v) is 5.53. The molecule has 15 heavy (non-hydrogen) atoms. The van der Waals surface area contributed by atoms with Crippen LogP contribution in [0.3, 0.4) is 0 Å². The van der Waals surface area contributed by atoms with Gasteiger partial charge >= 0.3 is 66.6 Å². The Balaban J connectivity index is -0.000000845. The molecule has 0 aromatic rings. The summed E-state index contributed by atoms with van der Waals surface area (Å²) in [5.74, 6) is 0. The Labute approximate surface area is 130 Å². The van der Waals surface area contributed by atoms with Crippen LogP contribution in [-0.2, 0) is 9.13 Å². The predicted octanol–water partition coefficient (Wildman–Crippen LogP) is -4.16. The van der Waals surface area contributed by atoms with Crippen molar-refractivity contribution in [3.05, 3.63) is 0 Å². The van der Waals surface area contributed by atoms with Crippen LogP contribution in [-0.4, -0.2) is 36.3 Å². The molecule has 0 saturated carbocycles. The van der Waals surface area contributed by atoms with Crippen molar-refractivity contribution >= 4 is 15.2 Å². The van der Waals surface area contributed by atoms with Crippen molar-refractivity contribution in [2.75, 3.05) is 6.54 Å². The Kier molecular flexibility index (Phi) is 8.58. The molecule has 0 spiro atoms. The van der Waals surface area contributed by atoms with Gasteiger partial charge in [0, 0.05) is 6.42 Å². The summed E-state index contributed by atoms with van der Waals surface area (Å²) < 4.78 is 21.4. The van der Waals surface area contributed by atoms with Gasteiger partial charge in [-0.15, -0.1) is 0 Å². The van der Waals surface area contributed by atoms with Crippen LogP contribution >= 0.6 is 15.2 Å². The van der Waals surface area contributed by atoms with E-state index in [1.807, 2.05) is 0 Å². The number of hydrogen-bond donors (Lipinski definition) is 6. The molecule has 0 fully saturated rings. The first-order valence-corrected chi connectivity index (χ1v) is 6.82. The smallest absolute Gasteiger partial charge is 1.00 e. The Bertz CT molecular complexity index is 268. The molecule has 0 bridgehead atoms. The second-order valence-electron chi connectivity index (χ2n) is 2.75. The van der Waals surface area contributed by atoms with E-state index in [1.54, 1.807) is 0 Å². The maximum absolute atomic E-state index is 10.7.